The molecule has 0 spiro atoms. The van der Waals surface area contributed by atoms with Crippen molar-refractivity contribution in [2.24, 2.45) is 11.8 Å². The highest BCUT2D eigenvalue weighted by Crippen LogP contribution is 2.31. The van der Waals surface area contributed by atoms with Crippen molar-refractivity contribution in [2.45, 2.75) is 46.0 Å². The van der Waals surface area contributed by atoms with Crippen LogP contribution in [0.25, 0.3) is 0 Å². The summed E-state index contributed by atoms with van der Waals surface area (Å²) in [5, 5.41) is 0. The maximum Gasteiger partial charge on any atom is 0.343 e. The average Bonchev–Trinajstić information content (AvgIpc) is 2.70. The van der Waals surface area contributed by atoms with E-state index in [4.69, 9.17) is 9.47 Å². The Hall–Kier alpha value is -2.36. The van der Waals surface area contributed by atoms with Gasteiger partial charge < -0.3 is 9.47 Å². The Morgan fingerprint density at radius 3 is 2.26 bits per heavy atom. The third kappa shape index (κ3) is 5.31. The molecule has 1 aliphatic carbocycles. The van der Waals surface area contributed by atoms with E-state index >= 15 is 0 Å². The van der Waals surface area contributed by atoms with Gasteiger partial charge in [-0.1, -0.05) is 32.3 Å². The monoisotopic (exact) mass is 370 g/mol. The average molecular weight is 370 g/mol. The smallest absolute Gasteiger partial charge is 0.343 e. The lowest BCUT2D eigenvalue weighted by Gasteiger charge is -2.27. The molecule has 0 atom stereocenters. The first-order valence-corrected chi connectivity index (χ1v) is 9.76. The molecular formula is C23H27FO3. The van der Waals surface area contributed by atoms with Crippen LogP contribution in [0.2, 0.25) is 0 Å². The fraction of sp³-hybridized carbons (Fsp3) is 0.435. The van der Waals surface area contributed by atoms with Crippen LogP contribution in [0.15, 0.2) is 42.5 Å². The van der Waals surface area contributed by atoms with Crippen molar-refractivity contribution in [3.63, 3.8) is 0 Å². The Balaban J connectivity index is 1.50. The number of aryl methyl sites for hydroxylation is 1. The highest BCUT2D eigenvalue weighted by atomic mass is 19.1. The van der Waals surface area contributed by atoms with E-state index in [2.05, 4.69) is 6.92 Å². The quantitative estimate of drug-likeness (QED) is 0.466. The molecule has 4 heteroatoms. The van der Waals surface area contributed by atoms with E-state index in [1.807, 2.05) is 0 Å². The van der Waals surface area contributed by atoms with E-state index in [1.165, 1.54) is 38.2 Å². The SMILES string of the molecule is CCC1CCC(COc2ccc(C(=O)Oc3ccc(C)c(F)c3)cc2)CC1. The Morgan fingerprint density at radius 1 is 1.00 bits per heavy atom. The van der Waals surface area contributed by atoms with E-state index < -0.39 is 11.8 Å². The topological polar surface area (TPSA) is 35.5 Å². The van der Waals surface area contributed by atoms with Crippen LogP contribution >= 0.6 is 0 Å². The van der Waals surface area contributed by atoms with Crippen LogP contribution in [0.1, 0.15) is 54.9 Å². The van der Waals surface area contributed by atoms with Gasteiger partial charge in [0.2, 0.25) is 0 Å². The maximum absolute atomic E-state index is 13.6. The molecule has 2 aromatic rings. The molecule has 0 saturated heterocycles. The minimum Gasteiger partial charge on any atom is -0.493 e. The molecule has 2 aromatic carbocycles. The van der Waals surface area contributed by atoms with Gasteiger partial charge in [0.25, 0.3) is 0 Å². The Labute approximate surface area is 160 Å². The van der Waals surface area contributed by atoms with Crippen molar-refractivity contribution in [1.82, 2.24) is 0 Å². The second kappa shape index (κ2) is 9.03. The molecule has 1 saturated carbocycles. The van der Waals surface area contributed by atoms with Gasteiger partial charge in [-0.3, -0.25) is 0 Å². The van der Waals surface area contributed by atoms with Gasteiger partial charge in [-0.25, -0.2) is 9.18 Å². The second-order valence-electron chi connectivity index (χ2n) is 7.43. The fourth-order valence-corrected chi connectivity index (χ4v) is 3.51. The predicted octanol–water partition coefficient (Wildman–Crippen LogP) is 5.95. The summed E-state index contributed by atoms with van der Waals surface area (Å²) in [5.74, 6) is 1.55. The number of carbonyl (C=O) groups excluding carboxylic acids is 1. The predicted molar refractivity (Wildman–Crippen MR) is 104 cm³/mol. The Kier molecular flexibility index (Phi) is 6.49. The molecule has 1 fully saturated rings. The first-order chi connectivity index (χ1) is 13.0. The number of carbonyl (C=O) groups is 1. The standard InChI is InChI=1S/C23H27FO3/c1-3-17-5-7-18(8-6-17)15-26-20-12-9-19(10-13-20)23(25)27-21-11-4-16(2)22(24)14-21/h4,9-14,17-18H,3,5-8,15H2,1-2H3. The van der Waals surface area contributed by atoms with E-state index in [0.717, 1.165) is 18.3 Å². The van der Waals surface area contributed by atoms with Crippen LogP contribution in [-0.4, -0.2) is 12.6 Å². The summed E-state index contributed by atoms with van der Waals surface area (Å²) in [6.45, 7) is 4.65. The molecule has 3 nitrogen and oxygen atoms in total. The summed E-state index contributed by atoms with van der Waals surface area (Å²) < 4.78 is 24.7. The van der Waals surface area contributed by atoms with Crippen LogP contribution < -0.4 is 9.47 Å². The molecule has 0 aromatic heterocycles. The van der Waals surface area contributed by atoms with Crippen LogP contribution in [0, 0.1) is 24.6 Å². The van der Waals surface area contributed by atoms with Crippen LogP contribution in [0.3, 0.4) is 0 Å². The minimum absolute atomic E-state index is 0.200. The van der Waals surface area contributed by atoms with E-state index in [-0.39, 0.29) is 5.75 Å². The van der Waals surface area contributed by atoms with Crippen LogP contribution in [-0.2, 0) is 0 Å². The van der Waals surface area contributed by atoms with Gasteiger partial charge in [-0.05, 0) is 67.5 Å². The van der Waals surface area contributed by atoms with Gasteiger partial charge in [0.15, 0.2) is 0 Å². The summed E-state index contributed by atoms with van der Waals surface area (Å²) in [6, 6.07) is 11.3. The largest absolute Gasteiger partial charge is 0.493 e. The Morgan fingerprint density at radius 2 is 1.63 bits per heavy atom. The molecule has 0 heterocycles. The summed E-state index contributed by atoms with van der Waals surface area (Å²) >= 11 is 0. The zero-order valence-electron chi connectivity index (χ0n) is 16.0. The lowest BCUT2D eigenvalue weighted by Crippen LogP contribution is -2.19. The zero-order chi connectivity index (χ0) is 19.2. The van der Waals surface area contributed by atoms with Gasteiger partial charge in [0.1, 0.15) is 17.3 Å². The highest BCUT2D eigenvalue weighted by Gasteiger charge is 2.20. The van der Waals surface area contributed by atoms with Crippen molar-refractivity contribution in [1.29, 1.82) is 0 Å². The number of ether oxygens (including phenoxy) is 2. The molecule has 144 valence electrons. The fourth-order valence-electron chi connectivity index (χ4n) is 3.51. The molecule has 0 radical (unpaired) electrons. The summed E-state index contributed by atoms with van der Waals surface area (Å²) in [7, 11) is 0. The number of esters is 1. The van der Waals surface area contributed by atoms with E-state index in [0.29, 0.717) is 17.0 Å². The molecule has 0 amide bonds. The number of hydrogen-bond donors (Lipinski definition) is 0. The van der Waals surface area contributed by atoms with Crippen LogP contribution in [0.4, 0.5) is 4.39 Å². The van der Waals surface area contributed by atoms with E-state index in [9.17, 15) is 9.18 Å². The van der Waals surface area contributed by atoms with Gasteiger partial charge in [-0.15, -0.1) is 0 Å². The molecule has 3 rings (SSSR count). The normalized spacial score (nSPS) is 19.5. The minimum atomic E-state index is -0.511. The second-order valence-corrected chi connectivity index (χ2v) is 7.43. The van der Waals surface area contributed by atoms with Crippen molar-refractivity contribution in [2.75, 3.05) is 6.61 Å². The summed E-state index contributed by atoms with van der Waals surface area (Å²) in [6.07, 6.45) is 6.34. The van der Waals surface area contributed by atoms with Gasteiger partial charge in [-0.2, -0.15) is 0 Å². The van der Waals surface area contributed by atoms with Gasteiger partial charge in [0.05, 0.1) is 12.2 Å². The van der Waals surface area contributed by atoms with Gasteiger partial charge >= 0.3 is 5.97 Å². The third-order valence-corrected chi connectivity index (χ3v) is 5.47. The highest BCUT2D eigenvalue weighted by molar-refractivity contribution is 5.91. The molecular weight excluding hydrogens is 343 g/mol. The lowest BCUT2D eigenvalue weighted by molar-refractivity contribution is 0.0734. The molecule has 0 unspecified atom stereocenters. The first-order valence-electron chi connectivity index (χ1n) is 9.76. The summed E-state index contributed by atoms with van der Waals surface area (Å²) in [4.78, 5) is 12.2. The number of hydrogen-bond acceptors (Lipinski definition) is 3. The van der Waals surface area contributed by atoms with Crippen molar-refractivity contribution >= 4 is 5.97 Å². The lowest BCUT2D eigenvalue weighted by atomic mass is 9.81. The van der Waals surface area contributed by atoms with Crippen molar-refractivity contribution in [3.8, 4) is 11.5 Å². The molecule has 0 N–H and O–H groups in total. The summed E-state index contributed by atoms with van der Waals surface area (Å²) in [5.41, 5.74) is 0.922. The first kappa shape index (κ1) is 19.4. The number of rotatable bonds is 6. The maximum atomic E-state index is 13.6. The van der Waals surface area contributed by atoms with Crippen LogP contribution in [0.5, 0.6) is 11.5 Å². The molecule has 1 aliphatic rings. The number of benzene rings is 2. The third-order valence-electron chi connectivity index (χ3n) is 5.47. The Bertz CT molecular complexity index is 762. The number of halogens is 1. The molecule has 27 heavy (non-hydrogen) atoms. The van der Waals surface area contributed by atoms with Gasteiger partial charge in [0, 0.05) is 6.07 Å². The van der Waals surface area contributed by atoms with E-state index in [1.54, 1.807) is 43.3 Å². The molecule has 0 aliphatic heterocycles. The zero-order valence-corrected chi connectivity index (χ0v) is 16.0. The van der Waals surface area contributed by atoms with Crippen molar-refractivity contribution < 1.29 is 18.7 Å². The molecule has 0 bridgehead atoms. The van der Waals surface area contributed by atoms with Crippen molar-refractivity contribution in [3.05, 3.63) is 59.4 Å².